The molecule has 2 aromatic heterocycles. The van der Waals surface area contributed by atoms with Crippen molar-refractivity contribution in [1.82, 2.24) is 0 Å². The highest BCUT2D eigenvalue weighted by molar-refractivity contribution is 6.22. The lowest BCUT2D eigenvalue weighted by atomic mass is 9.72. The Bertz CT molecular complexity index is 3710. The minimum Gasteiger partial charge on any atom is -0.454 e. The van der Waals surface area contributed by atoms with Gasteiger partial charge in [-0.15, -0.1) is 0 Å². The molecule has 10 aromatic rings. The maximum absolute atomic E-state index is 7.07. The molecule has 4 heteroatoms. The van der Waals surface area contributed by atoms with Crippen LogP contribution in [0.15, 0.2) is 203 Å². The van der Waals surface area contributed by atoms with E-state index in [9.17, 15) is 0 Å². The van der Waals surface area contributed by atoms with Gasteiger partial charge in [-0.25, -0.2) is 0 Å². The second kappa shape index (κ2) is 14.3. The van der Waals surface area contributed by atoms with Crippen LogP contribution in [0.25, 0.3) is 66.1 Å². The van der Waals surface area contributed by atoms with E-state index in [1.165, 1.54) is 50.1 Å². The van der Waals surface area contributed by atoms with Crippen molar-refractivity contribution in [3.05, 3.63) is 222 Å². The van der Waals surface area contributed by atoms with Crippen molar-refractivity contribution in [1.29, 1.82) is 0 Å². The van der Waals surface area contributed by atoms with Crippen LogP contribution in [0.5, 0.6) is 0 Å². The molecule has 2 aliphatic rings. The first-order valence-corrected chi connectivity index (χ1v) is 22.9. The summed E-state index contributed by atoms with van der Waals surface area (Å²) in [5.41, 5.74) is 21.2. The molecule has 4 nitrogen and oxygen atoms in total. The van der Waals surface area contributed by atoms with Gasteiger partial charge in [0.1, 0.15) is 11.2 Å². The predicted molar refractivity (Wildman–Crippen MR) is 277 cm³/mol. The number of benzene rings is 8. The Morgan fingerprint density at radius 3 is 1.55 bits per heavy atom. The predicted octanol–water partition coefficient (Wildman–Crippen LogP) is 17.7. The standard InChI is InChI=1S/C62H50N2O2/c1-9-22-47(37(2)3)63(39-24-12-10-13-25-39)49-35-45-53(55-41-28-17-20-31-51(41)65-59(49)55)43-33-34-44-54-46(62(7,8)58(44)57(43)61(45,5)6)36-50(60-56(54)42-29-18-21-32-52(42)66-60)64(40-26-14-11-15-27-40)48-30-19-16-23-38(48)4/h9-36H,1-2H2,3-8H3/b47-22+. The molecule has 2 aliphatic carbocycles. The number of rotatable bonds is 8. The molecule has 0 atom stereocenters. The molecule has 0 bridgehead atoms. The van der Waals surface area contributed by atoms with Gasteiger partial charge in [0.15, 0.2) is 11.2 Å². The van der Waals surface area contributed by atoms with E-state index in [2.05, 4.69) is 228 Å². The first-order valence-electron chi connectivity index (χ1n) is 22.9. The van der Waals surface area contributed by atoms with Gasteiger partial charge in [0.05, 0.1) is 11.4 Å². The van der Waals surface area contributed by atoms with E-state index in [0.29, 0.717) is 0 Å². The summed E-state index contributed by atoms with van der Waals surface area (Å²) in [4.78, 5) is 4.69. The summed E-state index contributed by atoms with van der Waals surface area (Å²) in [5, 5.41) is 4.50. The van der Waals surface area contributed by atoms with Gasteiger partial charge in [-0.1, -0.05) is 150 Å². The summed E-state index contributed by atoms with van der Waals surface area (Å²) in [6.07, 6.45) is 3.90. The second-order valence-corrected chi connectivity index (χ2v) is 19.1. The molecule has 66 heavy (non-hydrogen) atoms. The average molecular weight is 855 g/mol. The Labute approximate surface area is 386 Å². The van der Waals surface area contributed by atoms with Gasteiger partial charge < -0.3 is 18.6 Å². The van der Waals surface area contributed by atoms with Gasteiger partial charge in [-0.2, -0.15) is 0 Å². The molecule has 0 N–H and O–H groups in total. The fourth-order valence-electron chi connectivity index (χ4n) is 11.5. The second-order valence-electron chi connectivity index (χ2n) is 19.1. The molecule has 0 radical (unpaired) electrons. The molecule has 8 aromatic carbocycles. The highest BCUT2D eigenvalue weighted by Crippen LogP contribution is 2.64. The number of nitrogens with zero attached hydrogens (tertiary/aromatic N) is 2. The summed E-state index contributed by atoms with van der Waals surface area (Å²) in [5.74, 6) is 0. The Hall–Kier alpha value is -7.82. The molecule has 320 valence electrons. The minimum absolute atomic E-state index is 0.402. The number of hydrogen-bond donors (Lipinski definition) is 0. The summed E-state index contributed by atoms with van der Waals surface area (Å²) in [7, 11) is 0. The van der Waals surface area contributed by atoms with Crippen molar-refractivity contribution in [2.24, 2.45) is 0 Å². The molecule has 0 saturated heterocycles. The normalized spacial score (nSPS) is 14.4. The van der Waals surface area contributed by atoms with E-state index in [4.69, 9.17) is 8.83 Å². The third-order valence-corrected chi connectivity index (χ3v) is 14.4. The number of fused-ring (bicyclic) bond motifs is 15. The van der Waals surface area contributed by atoms with Crippen molar-refractivity contribution in [3.8, 4) is 22.3 Å². The summed E-state index contributed by atoms with van der Waals surface area (Å²) in [6, 6.07) is 56.6. The third-order valence-electron chi connectivity index (χ3n) is 14.4. The van der Waals surface area contributed by atoms with E-state index in [1.807, 2.05) is 6.08 Å². The van der Waals surface area contributed by atoms with E-state index < -0.39 is 10.8 Å². The van der Waals surface area contributed by atoms with Crippen molar-refractivity contribution in [3.63, 3.8) is 0 Å². The Kier molecular flexibility index (Phi) is 8.64. The molecule has 2 heterocycles. The van der Waals surface area contributed by atoms with Crippen LogP contribution in [-0.2, 0) is 10.8 Å². The van der Waals surface area contributed by atoms with Gasteiger partial charge in [0.2, 0.25) is 0 Å². The van der Waals surface area contributed by atoms with Gasteiger partial charge >= 0.3 is 0 Å². The molecule has 0 unspecified atom stereocenters. The lowest BCUT2D eigenvalue weighted by Crippen LogP contribution is -2.25. The number of allylic oxidation sites excluding steroid dienone is 3. The lowest BCUT2D eigenvalue weighted by molar-refractivity contribution is 0.601. The lowest BCUT2D eigenvalue weighted by Gasteiger charge is -2.32. The number of para-hydroxylation sites is 5. The topological polar surface area (TPSA) is 32.8 Å². The Morgan fingerprint density at radius 1 is 0.545 bits per heavy atom. The third kappa shape index (κ3) is 5.45. The fraction of sp³-hybridized carbons (Fsp3) is 0.129. The van der Waals surface area contributed by atoms with Crippen molar-refractivity contribution < 1.29 is 8.83 Å². The molecule has 0 amide bonds. The number of furan rings is 2. The maximum atomic E-state index is 7.07. The minimum atomic E-state index is -0.415. The zero-order valence-corrected chi connectivity index (χ0v) is 38.3. The van der Waals surface area contributed by atoms with Crippen molar-refractivity contribution in [2.45, 2.75) is 52.4 Å². The fourth-order valence-corrected chi connectivity index (χ4v) is 11.5. The zero-order valence-electron chi connectivity index (χ0n) is 38.3. The molecular formula is C62H50N2O2. The highest BCUT2D eigenvalue weighted by atomic mass is 16.3. The summed E-state index contributed by atoms with van der Waals surface area (Å²) >= 11 is 0. The van der Waals surface area contributed by atoms with Crippen LogP contribution >= 0.6 is 0 Å². The largest absolute Gasteiger partial charge is 0.454 e. The highest BCUT2D eigenvalue weighted by Gasteiger charge is 2.48. The Morgan fingerprint density at radius 2 is 1.02 bits per heavy atom. The van der Waals surface area contributed by atoms with E-state index in [-0.39, 0.29) is 0 Å². The monoisotopic (exact) mass is 854 g/mol. The molecule has 0 aliphatic heterocycles. The number of anilines is 5. The van der Waals surface area contributed by atoms with Crippen LogP contribution in [0.2, 0.25) is 0 Å². The Balaban J connectivity index is 1.17. The first-order chi connectivity index (χ1) is 32.0. The van der Waals surface area contributed by atoms with Crippen LogP contribution in [0.3, 0.4) is 0 Å². The van der Waals surface area contributed by atoms with Gasteiger partial charge in [-0.3, -0.25) is 0 Å². The maximum Gasteiger partial charge on any atom is 0.160 e. The van der Waals surface area contributed by atoms with Gasteiger partial charge in [-0.05, 0) is 130 Å². The molecule has 12 rings (SSSR count). The van der Waals surface area contributed by atoms with E-state index >= 15 is 0 Å². The first kappa shape index (κ1) is 39.7. The van der Waals surface area contributed by atoms with Crippen molar-refractivity contribution >= 4 is 72.3 Å². The molecule has 0 saturated carbocycles. The zero-order chi connectivity index (χ0) is 45.2. The summed E-state index contributed by atoms with van der Waals surface area (Å²) in [6.45, 7) is 22.6. The van der Waals surface area contributed by atoms with Crippen LogP contribution in [0.1, 0.15) is 62.4 Å². The van der Waals surface area contributed by atoms with Gasteiger partial charge in [0, 0.05) is 55.1 Å². The summed E-state index contributed by atoms with van der Waals surface area (Å²) < 4.78 is 14.1. The average Bonchev–Trinajstić information content (AvgIpc) is 4.03. The van der Waals surface area contributed by atoms with Crippen LogP contribution in [-0.4, -0.2) is 0 Å². The van der Waals surface area contributed by atoms with Crippen LogP contribution in [0.4, 0.5) is 28.4 Å². The van der Waals surface area contributed by atoms with Crippen molar-refractivity contribution in [2.75, 3.05) is 9.80 Å². The molecule has 0 fully saturated rings. The number of aryl methyl sites for hydroxylation is 1. The quantitative estimate of drug-likeness (QED) is 0.143. The number of hydrogen-bond acceptors (Lipinski definition) is 4. The smallest absolute Gasteiger partial charge is 0.160 e. The van der Waals surface area contributed by atoms with Crippen LogP contribution in [0, 0.1) is 6.92 Å². The van der Waals surface area contributed by atoms with Crippen LogP contribution < -0.4 is 9.80 Å². The molecule has 0 spiro atoms. The molecular weight excluding hydrogens is 805 g/mol. The van der Waals surface area contributed by atoms with Gasteiger partial charge in [0.25, 0.3) is 0 Å². The van der Waals surface area contributed by atoms with E-state index in [0.717, 1.165) is 83.6 Å². The van der Waals surface area contributed by atoms with E-state index in [1.54, 1.807) is 0 Å². The SMILES string of the molecule is C=C/C=C(\C(=C)C)N(c1ccccc1)c1cc2c(c3c1oc1ccccc13)-c1ccc3c(c1C2(C)C)C(C)(C)c1cc(N(c2ccccc2)c2ccccc2C)c2oc4ccccc4c2c1-3.